The maximum absolute atomic E-state index is 12.8. The van der Waals surface area contributed by atoms with Crippen molar-refractivity contribution in [2.24, 2.45) is 0 Å². The highest BCUT2D eigenvalue weighted by molar-refractivity contribution is 6.44. The second kappa shape index (κ2) is 9.42. The van der Waals surface area contributed by atoms with Crippen LogP contribution in [-0.4, -0.2) is 37.0 Å². The van der Waals surface area contributed by atoms with Crippen LogP contribution in [0.1, 0.15) is 53.1 Å². The summed E-state index contributed by atoms with van der Waals surface area (Å²) in [5.74, 6) is -0.242. The van der Waals surface area contributed by atoms with E-state index < -0.39 is 17.7 Å². The number of carbonyl (C=O) groups excluding carboxylic acids is 2. The number of ether oxygens (including phenoxy) is 2. The van der Waals surface area contributed by atoms with E-state index in [1.807, 2.05) is 6.07 Å². The number of ketones is 2. The Morgan fingerprint density at radius 2 is 1.86 bits per heavy atom. The van der Waals surface area contributed by atoms with Crippen LogP contribution in [0.25, 0.3) is 0 Å². The van der Waals surface area contributed by atoms with Crippen molar-refractivity contribution in [2.45, 2.75) is 44.1 Å². The third-order valence-electron chi connectivity index (χ3n) is 5.48. The number of halogens is 1. The first kappa shape index (κ1) is 21.3. The van der Waals surface area contributed by atoms with E-state index in [2.05, 4.69) is 0 Å². The number of aliphatic hydroxyl groups excluding tert-OH is 1. The van der Waals surface area contributed by atoms with Crippen molar-refractivity contribution >= 4 is 23.2 Å². The molecule has 29 heavy (non-hydrogen) atoms. The lowest BCUT2D eigenvalue weighted by molar-refractivity contribution is -0.114. The molecule has 1 aliphatic rings. The first-order chi connectivity index (χ1) is 13.9. The van der Waals surface area contributed by atoms with Crippen molar-refractivity contribution in [3.8, 4) is 11.5 Å². The topological polar surface area (TPSA) is 72.8 Å². The molecule has 2 aromatic rings. The molecule has 1 aliphatic carbocycles. The molecule has 0 aliphatic heterocycles. The molecule has 5 nitrogen and oxygen atoms in total. The fraction of sp³-hybridized carbons (Fsp3) is 0.391. The van der Waals surface area contributed by atoms with E-state index in [1.54, 1.807) is 30.3 Å². The van der Waals surface area contributed by atoms with Gasteiger partial charge in [-0.2, -0.15) is 0 Å². The fourth-order valence-electron chi connectivity index (χ4n) is 3.87. The fourth-order valence-corrected chi connectivity index (χ4v) is 4.14. The molecule has 1 saturated carbocycles. The number of aliphatic hydroxyl groups is 1. The van der Waals surface area contributed by atoms with Crippen LogP contribution in [-0.2, 0) is 11.2 Å². The Kier molecular flexibility index (Phi) is 6.93. The van der Waals surface area contributed by atoms with E-state index >= 15 is 0 Å². The van der Waals surface area contributed by atoms with Crippen molar-refractivity contribution in [3.05, 3.63) is 58.1 Å². The van der Waals surface area contributed by atoms with Gasteiger partial charge in [0.15, 0.2) is 0 Å². The smallest absolute Gasteiger partial charge is 0.228 e. The van der Waals surface area contributed by atoms with Crippen LogP contribution in [0.2, 0.25) is 5.02 Å². The first-order valence-electron chi connectivity index (χ1n) is 9.70. The highest BCUT2D eigenvalue weighted by Crippen LogP contribution is 2.34. The second-order valence-corrected chi connectivity index (χ2v) is 7.71. The molecule has 6 heteroatoms. The van der Waals surface area contributed by atoms with Crippen molar-refractivity contribution in [1.29, 1.82) is 0 Å². The number of methoxy groups -OCH3 is 2. The molecule has 0 amide bonds. The highest BCUT2D eigenvalue weighted by Gasteiger charge is 2.26. The quantitative estimate of drug-likeness (QED) is 0.536. The Hall–Kier alpha value is -2.37. The zero-order valence-corrected chi connectivity index (χ0v) is 17.4. The molecule has 0 unspecified atom stereocenters. The van der Waals surface area contributed by atoms with Gasteiger partial charge in [-0.3, -0.25) is 9.59 Å². The summed E-state index contributed by atoms with van der Waals surface area (Å²) in [6, 6.07) is 10.2. The van der Waals surface area contributed by atoms with Crippen LogP contribution in [0.3, 0.4) is 0 Å². The molecule has 1 N–H and O–H groups in total. The molecular weight excluding hydrogens is 392 g/mol. The lowest BCUT2D eigenvalue weighted by atomic mass is 9.81. The molecule has 1 fully saturated rings. The minimum absolute atomic E-state index is 0.00253. The molecule has 0 spiro atoms. The van der Waals surface area contributed by atoms with Gasteiger partial charge in [0.1, 0.15) is 11.5 Å². The van der Waals surface area contributed by atoms with E-state index in [4.69, 9.17) is 21.1 Å². The van der Waals surface area contributed by atoms with Crippen molar-refractivity contribution < 1.29 is 24.2 Å². The van der Waals surface area contributed by atoms with E-state index in [1.165, 1.54) is 14.2 Å². The largest absolute Gasteiger partial charge is 0.497 e. The summed E-state index contributed by atoms with van der Waals surface area (Å²) >= 11 is 6.28. The van der Waals surface area contributed by atoms with Crippen LogP contribution < -0.4 is 9.47 Å². The van der Waals surface area contributed by atoms with Crippen LogP contribution in [0.4, 0.5) is 0 Å². The Morgan fingerprint density at radius 3 is 2.55 bits per heavy atom. The lowest BCUT2D eigenvalue weighted by Gasteiger charge is -2.28. The molecule has 2 aromatic carbocycles. The first-order valence-corrected chi connectivity index (χ1v) is 10.1. The maximum Gasteiger partial charge on any atom is 0.228 e. The zero-order chi connectivity index (χ0) is 21.0. The Balaban J connectivity index is 1.81. The predicted octanol–water partition coefficient (Wildman–Crippen LogP) is 4.37. The normalized spacial score (nSPS) is 18.9. The minimum Gasteiger partial charge on any atom is -0.497 e. The highest BCUT2D eigenvalue weighted by atomic mass is 35.5. The number of benzene rings is 2. The van der Waals surface area contributed by atoms with Gasteiger partial charge in [0.25, 0.3) is 0 Å². The molecule has 0 heterocycles. The molecule has 2 atom stereocenters. The van der Waals surface area contributed by atoms with Crippen molar-refractivity contribution in [3.63, 3.8) is 0 Å². The minimum atomic E-state index is -0.578. The maximum atomic E-state index is 12.8. The van der Waals surface area contributed by atoms with Crippen LogP contribution in [0, 0.1) is 0 Å². The predicted molar refractivity (Wildman–Crippen MR) is 111 cm³/mol. The number of hydrogen-bond donors (Lipinski definition) is 1. The summed E-state index contributed by atoms with van der Waals surface area (Å²) in [6.07, 6.45) is 3.13. The Labute approximate surface area is 175 Å². The van der Waals surface area contributed by atoms with Gasteiger partial charge in [-0.25, -0.2) is 0 Å². The summed E-state index contributed by atoms with van der Waals surface area (Å²) in [6.45, 7) is 0. The van der Waals surface area contributed by atoms with Gasteiger partial charge < -0.3 is 14.6 Å². The third kappa shape index (κ3) is 4.80. The van der Waals surface area contributed by atoms with E-state index in [0.717, 1.165) is 31.2 Å². The van der Waals surface area contributed by atoms with E-state index in [-0.39, 0.29) is 12.3 Å². The van der Waals surface area contributed by atoms with E-state index in [9.17, 15) is 14.7 Å². The monoisotopic (exact) mass is 416 g/mol. The summed E-state index contributed by atoms with van der Waals surface area (Å²) in [5, 5.41) is 10.6. The average molecular weight is 417 g/mol. The number of carbonyl (C=O) groups is 2. The standard InChI is InChI=1S/C23H25ClO5/c1-28-16-11-19(24)18(22(12-16)29-2)13-21(26)23(27)15-7-5-6-14(10-15)17-8-3-4-9-20(17)25/h5-7,10-12,17,20,25H,3-4,8-9,13H2,1-2H3/t17-,20+/m0/s1. The van der Waals surface area contributed by atoms with Gasteiger partial charge in [0.05, 0.1) is 25.3 Å². The van der Waals surface area contributed by atoms with Crippen LogP contribution in [0.15, 0.2) is 36.4 Å². The average Bonchev–Trinajstić information content (AvgIpc) is 2.74. The molecule has 154 valence electrons. The molecular formula is C23H25ClO5. The van der Waals surface area contributed by atoms with Crippen molar-refractivity contribution in [2.75, 3.05) is 14.2 Å². The zero-order valence-electron chi connectivity index (χ0n) is 16.6. The number of rotatable bonds is 7. The number of Topliss-reactive ketones (excluding diaryl/α,β-unsaturated/α-hetero) is 2. The van der Waals surface area contributed by atoms with Gasteiger partial charge in [-0.05, 0) is 30.5 Å². The molecule has 0 bridgehead atoms. The van der Waals surface area contributed by atoms with Crippen molar-refractivity contribution in [1.82, 2.24) is 0 Å². The SMILES string of the molecule is COc1cc(Cl)c(CC(=O)C(=O)c2cccc([C@@H]3CCCC[C@H]3O)c2)c(OC)c1. The van der Waals surface area contributed by atoms with Gasteiger partial charge >= 0.3 is 0 Å². The molecule has 0 radical (unpaired) electrons. The second-order valence-electron chi connectivity index (χ2n) is 7.30. The van der Waals surface area contributed by atoms with Gasteiger partial charge in [0.2, 0.25) is 11.6 Å². The number of hydrogen-bond acceptors (Lipinski definition) is 5. The summed E-state index contributed by atoms with van der Waals surface area (Å²) in [5.41, 5.74) is 1.68. The summed E-state index contributed by atoms with van der Waals surface area (Å²) in [4.78, 5) is 25.5. The Morgan fingerprint density at radius 1 is 1.10 bits per heavy atom. The van der Waals surface area contributed by atoms with Gasteiger partial charge in [-0.15, -0.1) is 0 Å². The van der Waals surface area contributed by atoms with Crippen LogP contribution >= 0.6 is 11.6 Å². The molecule has 0 aromatic heterocycles. The van der Waals surface area contributed by atoms with Gasteiger partial charge in [0, 0.05) is 29.5 Å². The summed E-state index contributed by atoms with van der Waals surface area (Å²) in [7, 11) is 2.98. The molecule has 0 saturated heterocycles. The molecule has 3 rings (SSSR count). The summed E-state index contributed by atoms with van der Waals surface area (Å²) < 4.78 is 10.5. The van der Waals surface area contributed by atoms with Crippen LogP contribution in [0.5, 0.6) is 11.5 Å². The van der Waals surface area contributed by atoms with Gasteiger partial charge in [-0.1, -0.05) is 42.6 Å². The lowest BCUT2D eigenvalue weighted by Crippen LogP contribution is -2.23. The third-order valence-corrected chi connectivity index (χ3v) is 5.82. The Bertz CT molecular complexity index is 908. The van der Waals surface area contributed by atoms with E-state index in [0.29, 0.717) is 27.6 Å².